The first-order valence-electron chi connectivity index (χ1n) is 7.32. The van der Waals surface area contributed by atoms with Gasteiger partial charge in [-0.15, -0.1) is 0 Å². The number of nitrogens with two attached hydrogens (primary N) is 1. The SMILES string of the molecule is CC(C)(C)c1ccc(C(=O)C2(CN)CCOCC2)cc1. The van der Waals surface area contributed by atoms with Gasteiger partial charge in [0.2, 0.25) is 0 Å². The van der Waals surface area contributed by atoms with E-state index in [2.05, 4.69) is 32.9 Å². The summed E-state index contributed by atoms with van der Waals surface area (Å²) in [6.45, 7) is 8.17. The summed E-state index contributed by atoms with van der Waals surface area (Å²) in [5.41, 5.74) is 7.58. The maximum absolute atomic E-state index is 12.8. The van der Waals surface area contributed by atoms with Crippen LogP contribution in [0, 0.1) is 5.41 Å². The Labute approximate surface area is 121 Å². The van der Waals surface area contributed by atoms with E-state index >= 15 is 0 Å². The third kappa shape index (κ3) is 2.94. The van der Waals surface area contributed by atoms with Gasteiger partial charge in [0.15, 0.2) is 5.78 Å². The summed E-state index contributed by atoms with van der Waals surface area (Å²) in [6.07, 6.45) is 1.45. The zero-order valence-electron chi connectivity index (χ0n) is 12.7. The molecule has 1 aromatic carbocycles. The molecule has 2 N–H and O–H groups in total. The van der Waals surface area contributed by atoms with Crippen molar-refractivity contribution in [1.82, 2.24) is 0 Å². The minimum atomic E-state index is -0.429. The molecule has 0 spiro atoms. The molecule has 2 rings (SSSR count). The van der Waals surface area contributed by atoms with Crippen LogP contribution in [0.25, 0.3) is 0 Å². The second-order valence-electron chi connectivity index (χ2n) is 6.75. The number of ether oxygens (including phenoxy) is 1. The van der Waals surface area contributed by atoms with Gasteiger partial charge in [-0.1, -0.05) is 45.0 Å². The summed E-state index contributed by atoms with van der Waals surface area (Å²) < 4.78 is 5.37. The summed E-state index contributed by atoms with van der Waals surface area (Å²) in [7, 11) is 0. The lowest BCUT2D eigenvalue weighted by Gasteiger charge is -2.34. The van der Waals surface area contributed by atoms with Crippen molar-refractivity contribution in [2.24, 2.45) is 11.1 Å². The topological polar surface area (TPSA) is 52.3 Å². The van der Waals surface area contributed by atoms with Gasteiger partial charge in [0, 0.05) is 25.3 Å². The maximum atomic E-state index is 12.8. The number of ketones is 1. The summed E-state index contributed by atoms with van der Waals surface area (Å²) in [4.78, 5) is 12.8. The van der Waals surface area contributed by atoms with Gasteiger partial charge < -0.3 is 10.5 Å². The molecule has 1 saturated heterocycles. The molecule has 0 saturated carbocycles. The number of Topliss-reactive ketones (excluding diaryl/α,β-unsaturated/α-hetero) is 1. The predicted molar refractivity (Wildman–Crippen MR) is 81.0 cm³/mol. The fourth-order valence-electron chi connectivity index (χ4n) is 2.71. The van der Waals surface area contributed by atoms with E-state index < -0.39 is 5.41 Å². The summed E-state index contributed by atoms with van der Waals surface area (Å²) >= 11 is 0. The molecule has 0 aromatic heterocycles. The molecule has 1 heterocycles. The molecular formula is C17H25NO2. The second kappa shape index (κ2) is 5.66. The Morgan fingerprint density at radius 3 is 2.20 bits per heavy atom. The molecule has 0 radical (unpaired) electrons. The molecule has 3 heteroatoms. The molecule has 0 amide bonds. The lowest BCUT2D eigenvalue weighted by Crippen LogP contribution is -2.43. The molecule has 1 aliphatic rings. The number of carbonyl (C=O) groups is 1. The van der Waals surface area contributed by atoms with E-state index in [0.717, 1.165) is 18.4 Å². The molecule has 1 aromatic rings. The van der Waals surface area contributed by atoms with Crippen LogP contribution < -0.4 is 5.73 Å². The van der Waals surface area contributed by atoms with Crippen molar-refractivity contribution in [1.29, 1.82) is 0 Å². The van der Waals surface area contributed by atoms with Crippen molar-refractivity contribution in [3.05, 3.63) is 35.4 Å². The van der Waals surface area contributed by atoms with Crippen molar-refractivity contribution in [2.75, 3.05) is 19.8 Å². The van der Waals surface area contributed by atoms with Crippen LogP contribution in [-0.2, 0) is 10.2 Å². The van der Waals surface area contributed by atoms with E-state index in [1.807, 2.05) is 12.1 Å². The Balaban J connectivity index is 2.24. The molecule has 0 atom stereocenters. The van der Waals surface area contributed by atoms with Crippen LogP contribution >= 0.6 is 0 Å². The van der Waals surface area contributed by atoms with E-state index in [0.29, 0.717) is 19.8 Å². The van der Waals surface area contributed by atoms with Crippen molar-refractivity contribution >= 4 is 5.78 Å². The summed E-state index contributed by atoms with van der Waals surface area (Å²) in [5.74, 6) is 0.170. The molecule has 3 nitrogen and oxygen atoms in total. The van der Waals surface area contributed by atoms with E-state index in [1.54, 1.807) is 0 Å². The molecule has 0 unspecified atom stereocenters. The average Bonchev–Trinajstić information content (AvgIpc) is 2.46. The number of rotatable bonds is 3. The highest BCUT2D eigenvalue weighted by Gasteiger charge is 2.39. The highest BCUT2D eigenvalue weighted by molar-refractivity contribution is 6.00. The van der Waals surface area contributed by atoms with Crippen LogP contribution in [0.3, 0.4) is 0 Å². The van der Waals surface area contributed by atoms with Crippen LogP contribution in [-0.4, -0.2) is 25.5 Å². The van der Waals surface area contributed by atoms with Gasteiger partial charge in [-0.25, -0.2) is 0 Å². The minimum Gasteiger partial charge on any atom is -0.381 e. The van der Waals surface area contributed by atoms with Crippen molar-refractivity contribution < 1.29 is 9.53 Å². The Morgan fingerprint density at radius 1 is 1.20 bits per heavy atom. The summed E-state index contributed by atoms with van der Waals surface area (Å²) in [6, 6.07) is 7.99. The first-order chi connectivity index (χ1) is 9.39. The fraction of sp³-hybridized carbons (Fsp3) is 0.588. The molecule has 0 aliphatic carbocycles. The number of hydrogen-bond donors (Lipinski definition) is 1. The van der Waals surface area contributed by atoms with Crippen molar-refractivity contribution in [3.8, 4) is 0 Å². The Hall–Kier alpha value is -1.19. The number of carbonyl (C=O) groups excluding carboxylic acids is 1. The van der Waals surface area contributed by atoms with Crippen LogP contribution in [0.4, 0.5) is 0 Å². The lowest BCUT2D eigenvalue weighted by molar-refractivity contribution is 0.0200. The molecule has 1 aliphatic heterocycles. The van der Waals surface area contributed by atoms with Gasteiger partial charge in [0.25, 0.3) is 0 Å². The summed E-state index contributed by atoms with van der Waals surface area (Å²) in [5, 5.41) is 0. The van der Waals surface area contributed by atoms with Crippen molar-refractivity contribution in [2.45, 2.75) is 39.0 Å². The highest BCUT2D eigenvalue weighted by Crippen LogP contribution is 2.33. The van der Waals surface area contributed by atoms with Gasteiger partial charge >= 0.3 is 0 Å². The van der Waals surface area contributed by atoms with Crippen LogP contribution in [0.2, 0.25) is 0 Å². The quantitative estimate of drug-likeness (QED) is 0.863. The Morgan fingerprint density at radius 2 is 1.75 bits per heavy atom. The number of benzene rings is 1. The third-order valence-electron chi connectivity index (χ3n) is 4.34. The Kier molecular flexibility index (Phi) is 4.31. The minimum absolute atomic E-state index is 0.103. The molecular weight excluding hydrogens is 250 g/mol. The van der Waals surface area contributed by atoms with Gasteiger partial charge in [-0.05, 0) is 23.8 Å². The standard InChI is InChI=1S/C17H25NO2/c1-16(2,3)14-6-4-13(5-7-14)15(19)17(12-18)8-10-20-11-9-17/h4-7H,8-12,18H2,1-3H3. The largest absolute Gasteiger partial charge is 0.381 e. The number of hydrogen-bond acceptors (Lipinski definition) is 3. The van der Waals surface area contributed by atoms with Gasteiger partial charge in [0.1, 0.15) is 0 Å². The van der Waals surface area contributed by atoms with E-state index in [-0.39, 0.29) is 11.2 Å². The maximum Gasteiger partial charge on any atom is 0.170 e. The third-order valence-corrected chi connectivity index (χ3v) is 4.34. The average molecular weight is 275 g/mol. The first-order valence-corrected chi connectivity index (χ1v) is 7.32. The van der Waals surface area contributed by atoms with E-state index in [1.165, 1.54) is 5.56 Å². The normalized spacial score (nSPS) is 18.8. The van der Waals surface area contributed by atoms with E-state index in [9.17, 15) is 4.79 Å². The first kappa shape index (κ1) is 15.2. The van der Waals surface area contributed by atoms with Gasteiger partial charge in [-0.3, -0.25) is 4.79 Å². The van der Waals surface area contributed by atoms with E-state index in [4.69, 9.17) is 10.5 Å². The second-order valence-corrected chi connectivity index (χ2v) is 6.75. The fourth-order valence-corrected chi connectivity index (χ4v) is 2.71. The Bertz CT molecular complexity index is 465. The zero-order valence-corrected chi connectivity index (χ0v) is 12.7. The highest BCUT2D eigenvalue weighted by atomic mass is 16.5. The monoisotopic (exact) mass is 275 g/mol. The molecule has 20 heavy (non-hydrogen) atoms. The van der Waals surface area contributed by atoms with Gasteiger partial charge in [-0.2, -0.15) is 0 Å². The van der Waals surface area contributed by atoms with Crippen molar-refractivity contribution in [3.63, 3.8) is 0 Å². The van der Waals surface area contributed by atoms with Crippen LogP contribution in [0.5, 0.6) is 0 Å². The van der Waals surface area contributed by atoms with Crippen LogP contribution in [0.1, 0.15) is 49.5 Å². The van der Waals surface area contributed by atoms with Gasteiger partial charge in [0.05, 0.1) is 5.41 Å². The molecule has 110 valence electrons. The van der Waals surface area contributed by atoms with Crippen LogP contribution in [0.15, 0.2) is 24.3 Å². The molecule has 0 bridgehead atoms. The lowest BCUT2D eigenvalue weighted by atomic mass is 9.74. The smallest absolute Gasteiger partial charge is 0.170 e. The predicted octanol–water partition coefficient (Wildman–Crippen LogP) is 2.92. The zero-order chi connectivity index (χ0) is 14.8. The molecule has 1 fully saturated rings.